The molecule has 1 aromatic heterocycles. The lowest BCUT2D eigenvalue weighted by molar-refractivity contribution is -0.113. The minimum atomic E-state index is -0.221. The molecule has 0 saturated heterocycles. The number of fused-ring (bicyclic) bond motifs is 1. The number of anilines is 1. The maximum Gasteiger partial charge on any atom is 0.234 e. The highest BCUT2D eigenvalue weighted by molar-refractivity contribution is 7.99. The zero-order valence-corrected chi connectivity index (χ0v) is 18.6. The highest BCUT2D eigenvalue weighted by Crippen LogP contribution is 2.33. The van der Waals surface area contributed by atoms with Crippen LogP contribution < -0.4 is 24.3 Å². The van der Waals surface area contributed by atoms with Gasteiger partial charge < -0.3 is 24.3 Å². The van der Waals surface area contributed by atoms with Crippen molar-refractivity contribution in [1.82, 2.24) is 20.2 Å². The molecule has 0 radical (unpaired) electrons. The molecule has 0 unspecified atom stereocenters. The van der Waals surface area contributed by atoms with Gasteiger partial charge in [-0.2, -0.15) is 4.68 Å². The summed E-state index contributed by atoms with van der Waals surface area (Å²) in [6, 6.07) is 10.8. The molecule has 0 bridgehead atoms. The number of nitrogens with one attached hydrogen (secondary N) is 1. The number of ether oxygens (including phenoxy) is 4. The molecule has 2 heterocycles. The van der Waals surface area contributed by atoms with Gasteiger partial charge in [-0.3, -0.25) is 4.79 Å². The van der Waals surface area contributed by atoms with E-state index in [0.29, 0.717) is 66.0 Å². The number of nitrogens with zero attached hydrogens (tertiary/aromatic N) is 4. The molecule has 0 saturated carbocycles. The van der Waals surface area contributed by atoms with E-state index in [4.69, 9.17) is 18.9 Å². The summed E-state index contributed by atoms with van der Waals surface area (Å²) < 4.78 is 23.9. The number of amides is 1. The lowest BCUT2D eigenvalue weighted by Crippen LogP contribution is -2.16. The van der Waals surface area contributed by atoms with Crippen LogP contribution in [-0.2, 0) is 4.79 Å². The van der Waals surface area contributed by atoms with Crippen LogP contribution in [0.1, 0.15) is 13.8 Å². The minimum absolute atomic E-state index is 0.107. The number of rotatable bonds is 9. The second-order valence-corrected chi connectivity index (χ2v) is 7.50. The van der Waals surface area contributed by atoms with Crippen molar-refractivity contribution in [2.45, 2.75) is 19.0 Å². The Balaban J connectivity index is 1.44. The molecule has 1 N–H and O–H groups in total. The molecular weight excluding hydrogens is 434 g/mol. The number of hydrogen-bond donors (Lipinski definition) is 1. The molecule has 168 valence electrons. The molecule has 0 fully saturated rings. The van der Waals surface area contributed by atoms with Crippen LogP contribution in [0.5, 0.6) is 23.0 Å². The van der Waals surface area contributed by atoms with Crippen molar-refractivity contribution in [3.05, 3.63) is 36.4 Å². The van der Waals surface area contributed by atoms with Gasteiger partial charge in [-0.1, -0.05) is 11.8 Å². The Morgan fingerprint density at radius 1 is 1.09 bits per heavy atom. The van der Waals surface area contributed by atoms with Crippen LogP contribution in [0.3, 0.4) is 0 Å². The maximum absolute atomic E-state index is 12.6. The van der Waals surface area contributed by atoms with Crippen molar-refractivity contribution in [3.8, 4) is 28.7 Å². The van der Waals surface area contributed by atoms with Crippen LogP contribution in [0.4, 0.5) is 5.69 Å². The van der Waals surface area contributed by atoms with E-state index in [1.807, 2.05) is 32.0 Å². The maximum atomic E-state index is 12.6. The molecule has 0 aliphatic carbocycles. The number of carbonyl (C=O) groups excluding carboxylic acids is 1. The summed E-state index contributed by atoms with van der Waals surface area (Å²) in [7, 11) is 0. The van der Waals surface area contributed by atoms with Gasteiger partial charge in [0.25, 0.3) is 0 Å². The average molecular weight is 458 g/mol. The predicted octanol–water partition coefficient (Wildman–Crippen LogP) is 2.96. The number of hydrogen-bond acceptors (Lipinski definition) is 9. The summed E-state index contributed by atoms with van der Waals surface area (Å²) in [5.74, 6) is 2.44. The Morgan fingerprint density at radius 3 is 2.72 bits per heavy atom. The van der Waals surface area contributed by atoms with Crippen molar-refractivity contribution < 1.29 is 23.7 Å². The Bertz CT molecular complexity index is 1090. The summed E-state index contributed by atoms with van der Waals surface area (Å²) in [5, 5.41) is 15.2. The number of carbonyl (C=O) groups is 1. The summed E-state index contributed by atoms with van der Waals surface area (Å²) in [6.07, 6.45) is 0. The van der Waals surface area contributed by atoms with Crippen molar-refractivity contribution in [2.75, 3.05) is 37.5 Å². The van der Waals surface area contributed by atoms with Crippen LogP contribution in [0.15, 0.2) is 41.6 Å². The first kappa shape index (κ1) is 21.8. The van der Waals surface area contributed by atoms with Gasteiger partial charge in [0.15, 0.2) is 11.5 Å². The van der Waals surface area contributed by atoms with Gasteiger partial charge in [0.2, 0.25) is 11.1 Å². The van der Waals surface area contributed by atoms with Crippen molar-refractivity contribution in [3.63, 3.8) is 0 Å². The Labute approximate surface area is 189 Å². The molecule has 11 heteroatoms. The predicted molar refractivity (Wildman–Crippen MR) is 118 cm³/mol. The fourth-order valence-corrected chi connectivity index (χ4v) is 3.75. The second-order valence-electron chi connectivity index (χ2n) is 6.56. The van der Waals surface area contributed by atoms with Crippen LogP contribution in [0, 0.1) is 0 Å². The Kier molecular flexibility index (Phi) is 6.95. The number of aromatic nitrogens is 4. The number of thioether (sulfide) groups is 1. The van der Waals surface area contributed by atoms with Gasteiger partial charge >= 0.3 is 0 Å². The molecule has 1 amide bonds. The summed E-state index contributed by atoms with van der Waals surface area (Å²) in [5.41, 5.74) is 1.26. The monoisotopic (exact) mass is 457 g/mol. The van der Waals surface area contributed by atoms with Gasteiger partial charge in [-0.15, -0.1) is 5.10 Å². The zero-order valence-electron chi connectivity index (χ0n) is 17.7. The summed E-state index contributed by atoms with van der Waals surface area (Å²) in [6.45, 7) is 5.80. The fraction of sp³-hybridized carbons (Fsp3) is 0.333. The smallest absolute Gasteiger partial charge is 0.234 e. The Hall–Kier alpha value is -3.47. The van der Waals surface area contributed by atoms with E-state index in [0.717, 1.165) is 0 Å². The van der Waals surface area contributed by atoms with E-state index in [2.05, 4.69) is 20.8 Å². The molecule has 2 aromatic carbocycles. The van der Waals surface area contributed by atoms with E-state index in [9.17, 15) is 4.79 Å². The molecule has 0 spiro atoms. The molecule has 4 rings (SSSR count). The molecule has 1 aliphatic rings. The van der Waals surface area contributed by atoms with Gasteiger partial charge in [-0.05, 0) is 48.5 Å². The van der Waals surface area contributed by atoms with E-state index in [-0.39, 0.29) is 11.7 Å². The first-order valence-electron chi connectivity index (χ1n) is 10.2. The van der Waals surface area contributed by atoms with Crippen molar-refractivity contribution in [2.24, 2.45) is 0 Å². The van der Waals surface area contributed by atoms with E-state index in [1.165, 1.54) is 11.8 Å². The molecule has 3 aromatic rings. The second kappa shape index (κ2) is 10.2. The first-order valence-corrected chi connectivity index (χ1v) is 11.2. The summed E-state index contributed by atoms with van der Waals surface area (Å²) in [4.78, 5) is 12.6. The van der Waals surface area contributed by atoms with E-state index >= 15 is 0 Å². The molecule has 32 heavy (non-hydrogen) atoms. The highest BCUT2D eigenvalue weighted by Gasteiger charge is 2.17. The SMILES string of the molecule is CCOc1ccc(OCC)c(NC(=O)CSc2nnnn2-c2ccc3c(c2)OCCO3)c1. The topological polar surface area (TPSA) is 110 Å². The Morgan fingerprint density at radius 2 is 1.91 bits per heavy atom. The third kappa shape index (κ3) is 5.05. The largest absolute Gasteiger partial charge is 0.494 e. The number of benzene rings is 2. The average Bonchev–Trinajstić information content (AvgIpc) is 3.28. The van der Waals surface area contributed by atoms with Crippen LogP contribution in [-0.4, -0.2) is 58.3 Å². The highest BCUT2D eigenvalue weighted by atomic mass is 32.2. The minimum Gasteiger partial charge on any atom is -0.494 e. The molecular formula is C21H23N5O5S. The molecule has 0 atom stereocenters. The van der Waals surface area contributed by atoms with Crippen molar-refractivity contribution >= 4 is 23.4 Å². The summed E-state index contributed by atoms with van der Waals surface area (Å²) >= 11 is 1.22. The van der Waals surface area contributed by atoms with Crippen molar-refractivity contribution in [1.29, 1.82) is 0 Å². The molecule has 1 aliphatic heterocycles. The van der Waals surface area contributed by atoms with Crippen LogP contribution in [0.2, 0.25) is 0 Å². The lowest BCUT2D eigenvalue weighted by Gasteiger charge is -2.18. The van der Waals surface area contributed by atoms with E-state index in [1.54, 1.807) is 22.9 Å². The molecule has 10 nitrogen and oxygen atoms in total. The quantitative estimate of drug-likeness (QED) is 0.485. The van der Waals surface area contributed by atoms with Crippen LogP contribution in [0.25, 0.3) is 5.69 Å². The van der Waals surface area contributed by atoms with Gasteiger partial charge in [0.05, 0.1) is 30.3 Å². The normalized spacial score (nSPS) is 12.3. The number of tetrazole rings is 1. The van der Waals surface area contributed by atoms with E-state index < -0.39 is 0 Å². The van der Waals surface area contributed by atoms with Gasteiger partial charge in [-0.25, -0.2) is 0 Å². The third-order valence-corrected chi connectivity index (χ3v) is 5.30. The van der Waals surface area contributed by atoms with Crippen LogP contribution >= 0.6 is 11.8 Å². The standard InChI is InChI=1S/C21H23N5O5S/c1-3-28-15-6-8-17(29-4-2)16(12-15)22-20(27)13-32-21-23-24-25-26(21)14-5-7-18-19(11-14)31-10-9-30-18/h5-8,11-12H,3-4,9-10,13H2,1-2H3,(H,22,27). The lowest BCUT2D eigenvalue weighted by atomic mass is 10.2. The van der Waals surface area contributed by atoms with Gasteiger partial charge in [0, 0.05) is 12.1 Å². The van der Waals surface area contributed by atoms with Gasteiger partial charge in [0.1, 0.15) is 24.7 Å². The first-order chi connectivity index (χ1) is 15.7. The zero-order chi connectivity index (χ0) is 22.3. The third-order valence-electron chi connectivity index (χ3n) is 4.38. The fourth-order valence-electron chi connectivity index (χ4n) is 3.06.